The maximum Gasteiger partial charge on any atom is 0.359 e. The molecule has 0 saturated carbocycles. The van der Waals surface area contributed by atoms with Crippen LogP contribution < -0.4 is 10.9 Å². The topological polar surface area (TPSA) is 20.2 Å². The predicted molar refractivity (Wildman–Crippen MR) is 63.0 cm³/mol. The highest BCUT2D eigenvalue weighted by molar-refractivity contribution is 7.09. The fraction of sp³-hybridized carbons (Fsp3) is 0. The normalized spacial score (nSPS) is 10.1. The zero-order chi connectivity index (χ0) is 9.97. The van der Waals surface area contributed by atoms with Crippen LogP contribution in [-0.2, 0) is 0 Å². The van der Waals surface area contributed by atoms with Crippen molar-refractivity contribution in [1.29, 1.82) is 0 Å². The average molecular weight is 223 g/mol. The molecule has 1 nitrogen and oxygen atoms in total. The summed E-state index contributed by atoms with van der Waals surface area (Å²) in [7, 11) is 0. The Bertz CT molecular complexity index is 416. The van der Waals surface area contributed by atoms with Crippen molar-refractivity contribution < 1.29 is 5.02 Å². The molecule has 0 aliphatic carbocycles. The molecule has 2 rings (SSSR count). The van der Waals surface area contributed by atoms with Crippen LogP contribution in [0.2, 0.25) is 5.02 Å². The van der Waals surface area contributed by atoms with Crippen LogP contribution in [0.25, 0.3) is 0 Å². The maximum atomic E-state index is 9.95. The van der Waals surface area contributed by atoms with E-state index in [4.69, 9.17) is 11.6 Å². The molecule has 1 heterocycles. The van der Waals surface area contributed by atoms with Crippen LogP contribution in [0.4, 0.5) is 0 Å². The molecule has 1 N–H and O–H groups in total. The molecular weight excluding hydrogens is 214 g/mol. The summed E-state index contributed by atoms with van der Waals surface area (Å²) in [6, 6.07) is 9.20. The Balaban J connectivity index is 2.32. The van der Waals surface area contributed by atoms with Crippen molar-refractivity contribution in [3.05, 3.63) is 46.1 Å². The van der Waals surface area contributed by atoms with Crippen LogP contribution >= 0.6 is 22.9 Å². The van der Waals surface area contributed by atoms with Crippen LogP contribution in [0.15, 0.2) is 41.1 Å². The van der Waals surface area contributed by atoms with Crippen molar-refractivity contribution in [2.75, 3.05) is 0 Å². The quantitative estimate of drug-likeness (QED) is 0.764. The lowest BCUT2D eigenvalue weighted by atomic mass is 9.57. The maximum absolute atomic E-state index is 9.95. The van der Waals surface area contributed by atoms with E-state index in [9.17, 15) is 5.02 Å². The van der Waals surface area contributed by atoms with Gasteiger partial charge in [-0.1, -0.05) is 29.8 Å². The van der Waals surface area contributed by atoms with Gasteiger partial charge in [0.1, 0.15) is 0 Å². The van der Waals surface area contributed by atoms with Gasteiger partial charge in [-0.2, -0.15) is 11.3 Å². The first-order valence-corrected chi connectivity index (χ1v) is 5.55. The van der Waals surface area contributed by atoms with Crippen molar-refractivity contribution in [2.45, 2.75) is 0 Å². The molecule has 0 radical (unpaired) electrons. The summed E-state index contributed by atoms with van der Waals surface area (Å²) in [4.78, 5) is 0. The van der Waals surface area contributed by atoms with Gasteiger partial charge in [-0.25, -0.2) is 0 Å². The Morgan fingerprint density at radius 1 is 1.21 bits per heavy atom. The number of thiophene rings is 1. The molecule has 0 bridgehead atoms. The van der Waals surface area contributed by atoms with Crippen molar-refractivity contribution in [3.63, 3.8) is 0 Å². The minimum atomic E-state index is -0.569. The lowest BCUT2D eigenvalue weighted by molar-refractivity contribution is 0.600. The molecule has 0 saturated heterocycles. The summed E-state index contributed by atoms with van der Waals surface area (Å²) in [6.07, 6.45) is 0. The van der Waals surface area contributed by atoms with Crippen LogP contribution in [0.1, 0.15) is 0 Å². The largest absolute Gasteiger partial charge is 0.443 e. The second-order valence-electron chi connectivity index (χ2n) is 3.01. The molecule has 0 aliphatic rings. The number of hydrogen-bond acceptors (Lipinski definition) is 2. The molecule has 1 aromatic carbocycles. The van der Waals surface area contributed by atoms with Gasteiger partial charge in [0, 0.05) is 5.02 Å². The fourth-order valence-electron chi connectivity index (χ4n) is 1.30. The van der Waals surface area contributed by atoms with E-state index in [0.717, 1.165) is 10.9 Å². The number of halogens is 1. The number of rotatable bonds is 2. The molecule has 0 amide bonds. The highest BCUT2D eigenvalue weighted by Gasteiger charge is 2.16. The molecule has 70 valence electrons. The first-order chi connectivity index (χ1) is 6.77. The Hall–Kier alpha value is -0.765. The smallest absolute Gasteiger partial charge is 0.359 e. The van der Waals surface area contributed by atoms with Crippen LogP contribution in [0, 0.1) is 0 Å². The van der Waals surface area contributed by atoms with Crippen molar-refractivity contribution in [3.8, 4) is 0 Å². The standard InChI is InChI=1S/C10H8BClOS/c12-10-3-1-2-8(6-10)11(13)9-4-5-14-7-9/h1-7,13H. The SMILES string of the molecule is OB(c1ccsc1)c1cccc(Cl)c1. The summed E-state index contributed by atoms with van der Waals surface area (Å²) in [5, 5.41) is 14.5. The van der Waals surface area contributed by atoms with E-state index in [0.29, 0.717) is 5.02 Å². The summed E-state index contributed by atoms with van der Waals surface area (Å²) in [5.74, 6) is 0. The zero-order valence-electron chi connectivity index (χ0n) is 7.35. The van der Waals surface area contributed by atoms with E-state index in [1.165, 1.54) is 0 Å². The third kappa shape index (κ3) is 2.00. The van der Waals surface area contributed by atoms with E-state index in [1.54, 1.807) is 23.5 Å². The molecular formula is C10H8BClOS. The molecule has 0 atom stereocenters. The van der Waals surface area contributed by atoms with Gasteiger partial charge >= 0.3 is 6.92 Å². The molecule has 14 heavy (non-hydrogen) atoms. The first-order valence-electron chi connectivity index (χ1n) is 4.23. The summed E-state index contributed by atoms with van der Waals surface area (Å²) in [5.41, 5.74) is 1.74. The van der Waals surface area contributed by atoms with Gasteiger partial charge in [-0.05, 0) is 33.8 Å². The molecule has 1 aromatic heterocycles. The summed E-state index contributed by atoms with van der Waals surface area (Å²) in [6.45, 7) is -0.569. The van der Waals surface area contributed by atoms with Gasteiger partial charge in [0.15, 0.2) is 0 Å². The molecule has 2 aromatic rings. The first kappa shape index (κ1) is 9.78. The average Bonchev–Trinajstić information content (AvgIpc) is 2.69. The minimum Gasteiger partial charge on any atom is -0.443 e. The Morgan fingerprint density at radius 3 is 2.71 bits per heavy atom. The van der Waals surface area contributed by atoms with E-state index in [2.05, 4.69) is 0 Å². The minimum absolute atomic E-state index is 0.569. The van der Waals surface area contributed by atoms with Gasteiger partial charge < -0.3 is 5.02 Å². The predicted octanol–water partition coefficient (Wildman–Crippen LogP) is 1.50. The molecule has 0 spiro atoms. The molecule has 0 aliphatic heterocycles. The Morgan fingerprint density at radius 2 is 2.07 bits per heavy atom. The molecule has 4 heteroatoms. The van der Waals surface area contributed by atoms with E-state index >= 15 is 0 Å². The molecule has 0 unspecified atom stereocenters. The van der Waals surface area contributed by atoms with E-state index in [-0.39, 0.29) is 0 Å². The number of benzene rings is 1. The summed E-state index contributed by atoms with van der Waals surface area (Å²) >= 11 is 7.42. The highest BCUT2D eigenvalue weighted by atomic mass is 35.5. The van der Waals surface area contributed by atoms with Crippen LogP contribution in [-0.4, -0.2) is 11.9 Å². The van der Waals surface area contributed by atoms with Crippen molar-refractivity contribution >= 4 is 40.8 Å². The van der Waals surface area contributed by atoms with Gasteiger partial charge in [-0.3, -0.25) is 0 Å². The lowest BCUT2D eigenvalue weighted by Gasteiger charge is -2.04. The van der Waals surface area contributed by atoms with Crippen LogP contribution in [0.3, 0.4) is 0 Å². The monoisotopic (exact) mass is 222 g/mol. The zero-order valence-corrected chi connectivity index (χ0v) is 8.92. The van der Waals surface area contributed by atoms with Crippen molar-refractivity contribution in [2.24, 2.45) is 0 Å². The highest BCUT2D eigenvalue weighted by Crippen LogP contribution is 2.04. The van der Waals surface area contributed by atoms with Gasteiger partial charge in [0.25, 0.3) is 0 Å². The number of hydrogen-bond donors (Lipinski definition) is 1. The second kappa shape index (κ2) is 4.17. The van der Waals surface area contributed by atoms with Gasteiger partial charge in [0.2, 0.25) is 0 Å². The Labute approximate surface area is 92.1 Å². The molecule has 0 fully saturated rings. The van der Waals surface area contributed by atoms with E-state index < -0.39 is 6.92 Å². The third-order valence-electron chi connectivity index (χ3n) is 2.02. The fourth-order valence-corrected chi connectivity index (χ4v) is 2.18. The third-order valence-corrected chi connectivity index (χ3v) is 2.96. The lowest BCUT2D eigenvalue weighted by Crippen LogP contribution is -2.41. The van der Waals surface area contributed by atoms with Gasteiger partial charge in [0.05, 0.1) is 0 Å². The van der Waals surface area contributed by atoms with E-state index in [1.807, 2.05) is 29.0 Å². The van der Waals surface area contributed by atoms with Gasteiger partial charge in [-0.15, -0.1) is 0 Å². The second-order valence-corrected chi connectivity index (χ2v) is 4.23. The van der Waals surface area contributed by atoms with Crippen LogP contribution in [0.5, 0.6) is 0 Å². The van der Waals surface area contributed by atoms with Crippen molar-refractivity contribution in [1.82, 2.24) is 0 Å². The summed E-state index contributed by atoms with van der Waals surface area (Å²) < 4.78 is 0. The Kier molecular flexibility index (Phi) is 2.92.